The summed E-state index contributed by atoms with van der Waals surface area (Å²) < 4.78 is 22.7. The molecule has 0 saturated carbocycles. The molecule has 0 aliphatic carbocycles. The van der Waals surface area contributed by atoms with E-state index in [4.69, 9.17) is 10.9 Å². The monoisotopic (exact) mass is 291 g/mol. The van der Waals surface area contributed by atoms with Crippen molar-refractivity contribution in [2.24, 2.45) is 5.14 Å². The van der Waals surface area contributed by atoms with Gasteiger partial charge >= 0.3 is 0 Å². The third kappa shape index (κ3) is 3.72. The van der Waals surface area contributed by atoms with Crippen molar-refractivity contribution in [1.29, 1.82) is 0 Å². The van der Waals surface area contributed by atoms with E-state index < -0.39 is 10.0 Å². The molecular formula is C14H17N3O2S. The quantitative estimate of drug-likeness (QED) is 0.748. The molecule has 20 heavy (non-hydrogen) atoms. The highest BCUT2D eigenvalue weighted by molar-refractivity contribution is 7.89. The zero-order chi connectivity index (χ0) is 14.8. The molecule has 5 N–H and O–H groups in total. The van der Waals surface area contributed by atoms with Crippen molar-refractivity contribution in [2.45, 2.75) is 18.4 Å². The van der Waals surface area contributed by atoms with Crippen LogP contribution in [0.2, 0.25) is 0 Å². The Labute approximate surface area is 118 Å². The van der Waals surface area contributed by atoms with Crippen LogP contribution in [0.15, 0.2) is 47.4 Å². The number of hydrogen-bond acceptors (Lipinski definition) is 4. The molecule has 0 aliphatic rings. The first kappa shape index (κ1) is 14.4. The molecule has 0 fully saturated rings. The number of sulfonamides is 1. The van der Waals surface area contributed by atoms with Gasteiger partial charge in [-0.25, -0.2) is 13.6 Å². The van der Waals surface area contributed by atoms with Crippen LogP contribution in [0.25, 0.3) is 0 Å². The van der Waals surface area contributed by atoms with E-state index in [0.717, 1.165) is 5.56 Å². The van der Waals surface area contributed by atoms with Gasteiger partial charge in [-0.05, 0) is 30.7 Å². The van der Waals surface area contributed by atoms with Gasteiger partial charge in [0.2, 0.25) is 10.0 Å². The predicted molar refractivity (Wildman–Crippen MR) is 80.7 cm³/mol. The summed E-state index contributed by atoms with van der Waals surface area (Å²) >= 11 is 0. The predicted octanol–water partition coefficient (Wildman–Crippen LogP) is 1.84. The molecule has 0 unspecified atom stereocenters. The normalized spacial score (nSPS) is 11.3. The average molecular weight is 291 g/mol. The SMILES string of the molecule is Cc1cccc(CNc2cc(N)cc(S(N)(=O)=O)c2)c1. The Kier molecular flexibility index (Phi) is 3.96. The van der Waals surface area contributed by atoms with Crippen molar-refractivity contribution in [1.82, 2.24) is 0 Å². The summed E-state index contributed by atoms with van der Waals surface area (Å²) in [4.78, 5) is 0.00393. The Bertz CT molecular complexity index is 727. The lowest BCUT2D eigenvalue weighted by Crippen LogP contribution is -2.13. The Morgan fingerprint density at radius 2 is 1.90 bits per heavy atom. The van der Waals surface area contributed by atoms with Gasteiger partial charge in [-0.15, -0.1) is 0 Å². The number of nitrogens with one attached hydrogen (secondary N) is 1. The largest absolute Gasteiger partial charge is 0.399 e. The second kappa shape index (κ2) is 5.52. The number of anilines is 2. The van der Waals surface area contributed by atoms with Crippen LogP contribution in [0.1, 0.15) is 11.1 Å². The van der Waals surface area contributed by atoms with Crippen molar-refractivity contribution in [3.63, 3.8) is 0 Å². The standard InChI is InChI=1S/C14H17N3O2S/c1-10-3-2-4-11(5-10)9-17-13-6-12(15)7-14(8-13)20(16,18)19/h2-8,17H,9,15H2,1H3,(H2,16,18,19). The van der Waals surface area contributed by atoms with E-state index in [1.54, 1.807) is 6.07 Å². The number of primary sulfonamides is 1. The lowest BCUT2D eigenvalue weighted by molar-refractivity contribution is 0.598. The molecule has 0 aliphatic heterocycles. The van der Waals surface area contributed by atoms with Gasteiger partial charge in [-0.1, -0.05) is 29.8 Å². The number of benzene rings is 2. The summed E-state index contributed by atoms with van der Waals surface area (Å²) in [6, 6.07) is 12.5. The van der Waals surface area contributed by atoms with Crippen LogP contribution in [0.5, 0.6) is 0 Å². The van der Waals surface area contributed by atoms with Gasteiger partial charge in [0.05, 0.1) is 4.90 Å². The lowest BCUT2D eigenvalue weighted by atomic mass is 10.1. The second-order valence-electron chi connectivity index (χ2n) is 4.68. The van der Waals surface area contributed by atoms with Crippen LogP contribution in [0.4, 0.5) is 11.4 Å². The van der Waals surface area contributed by atoms with E-state index in [1.807, 2.05) is 25.1 Å². The molecule has 0 atom stereocenters. The second-order valence-corrected chi connectivity index (χ2v) is 6.24. The van der Waals surface area contributed by atoms with Gasteiger partial charge in [0.25, 0.3) is 0 Å². The molecule has 5 nitrogen and oxygen atoms in total. The van der Waals surface area contributed by atoms with Crippen LogP contribution in [0.3, 0.4) is 0 Å². The first-order valence-corrected chi connectivity index (χ1v) is 7.62. The molecule has 0 saturated heterocycles. The van der Waals surface area contributed by atoms with Crippen LogP contribution in [-0.4, -0.2) is 8.42 Å². The number of rotatable bonds is 4. The fourth-order valence-corrected chi connectivity index (χ4v) is 2.51. The fraction of sp³-hybridized carbons (Fsp3) is 0.143. The molecule has 2 aromatic carbocycles. The lowest BCUT2D eigenvalue weighted by Gasteiger charge is -2.10. The van der Waals surface area contributed by atoms with E-state index >= 15 is 0 Å². The molecule has 0 heterocycles. The zero-order valence-corrected chi connectivity index (χ0v) is 11.9. The van der Waals surface area contributed by atoms with E-state index in [9.17, 15) is 8.42 Å². The maximum Gasteiger partial charge on any atom is 0.238 e. The third-order valence-corrected chi connectivity index (χ3v) is 3.73. The molecule has 2 aromatic rings. The van der Waals surface area contributed by atoms with Gasteiger partial charge in [0, 0.05) is 17.9 Å². The number of nitrogen functional groups attached to an aromatic ring is 1. The van der Waals surface area contributed by atoms with Crippen LogP contribution >= 0.6 is 0 Å². The topological polar surface area (TPSA) is 98.2 Å². The Morgan fingerprint density at radius 3 is 2.55 bits per heavy atom. The van der Waals surface area contributed by atoms with Gasteiger partial charge in [-0.2, -0.15) is 0 Å². The molecule has 0 amide bonds. The molecule has 0 aromatic heterocycles. The maximum atomic E-state index is 11.4. The molecule has 2 rings (SSSR count). The Hall–Kier alpha value is -2.05. The van der Waals surface area contributed by atoms with Crippen LogP contribution < -0.4 is 16.2 Å². The molecule has 0 spiro atoms. The highest BCUT2D eigenvalue weighted by Gasteiger charge is 2.09. The van der Waals surface area contributed by atoms with Crippen molar-refractivity contribution in [2.75, 3.05) is 11.1 Å². The van der Waals surface area contributed by atoms with E-state index in [-0.39, 0.29) is 4.90 Å². The van der Waals surface area contributed by atoms with E-state index in [0.29, 0.717) is 17.9 Å². The maximum absolute atomic E-state index is 11.4. The summed E-state index contributed by atoms with van der Waals surface area (Å²) in [6.45, 7) is 2.60. The Morgan fingerprint density at radius 1 is 1.15 bits per heavy atom. The Balaban J connectivity index is 2.20. The van der Waals surface area contributed by atoms with E-state index in [2.05, 4.69) is 11.4 Å². The molecule has 106 valence electrons. The fourth-order valence-electron chi connectivity index (χ4n) is 1.91. The first-order valence-electron chi connectivity index (χ1n) is 6.07. The highest BCUT2D eigenvalue weighted by atomic mass is 32.2. The first-order chi connectivity index (χ1) is 9.34. The molecule has 0 radical (unpaired) electrons. The van der Waals surface area contributed by atoms with Crippen LogP contribution in [-0.2, 0) is 16.6 Å². The van der Waals surface area contributed by atoms with Gasteiger partial charge < -0.3 is 11.1 Å². The summed E-state index contributed by atoms with van der Waals surface area (Å²) in [6.07, 6.45) is 0. The zero-order valence-electron chi connectivity index (χ0n) is 11.1. The summed E-state index contributed by atoms with van der Waals surface area (Å²) in [7, 11) is -3.76. The number of nitrogens with two attached hydrogens (primary N) is 2. The third-order valence-electron chi connectivity index (χ3n) is 2.84. The smallest absolute Gasteiger partial charge is 0.238 e. The summed E-state index contributed by atoms with van der Waals surface area (Å²) in [5.74, 6) is 0. The van der Waals surface area contributed by atoms with Gasteiger partial charge in [0.15, 0.2) is 0 Å². The molecule has 0 bridgehead atoms. The van der Waals surface area contributed by atoms with Crippen molar-refractivity contribution < 1.29 is 8.42 Å². The van der Waals surface area contributed by atoms with Crippen molar-refractivity contribution >= 4 is 21.4 Å². The van der Waals surface area contributed by atoms with Crippen molar-refractivity contribution in [3.8, 4) is 0 Å². The minimum absolute atomic E-state index is 0.00393. The minimum atomic E-state index is -3.76. The molecular weight excluding hydrogens is 274 g/mol. The molecule has 6 heteroatoms. The highest BCUT2D eigenvalue weighted by Crippen LogP contribution is 2.20. The van der Waals surface area contributed by atoms with Gasteiger partial charge in [0.1, 0.15) is 0 Å². The van der Waals surface area contributed by atoms with Crippen LogP contribution in [0, 0.1) is 6.92 Å². The van der Waals surface area contributed by atoms with Crippen molar-refractivity contribution in [3.05, 3.63) is 53.6 Å². The number of aryl methyl sites for hydroxylation is 1. The average Bonchev–Trinajstić information content (AvgIpc) is 2.35. The summed E-state index contributed by atoms with van der Waals surface area (Å²) in [5.41, 5.74) is 8.93. The number of hydrogen-bond donors (Lipinski definition) is 3. The van der Waals surface area contributed by atoms with E-state index in [1.165, 1.54) is 17.7 Å². The summed E-state index contributed by atoms with van der Waals surface area (Å²) in [5, 5.41) is 8.25. The van der Waals surface area contributed by atoms with Gasteiger partial charge in [-0.3, -0.25) is 0 Å². The minimum Gasteiger partial charge on any atom is -0.399 e.